The Kier molecular flexibility index (Phi) is 3.64. The number of hydrogen-bond donors (Lipinski definition) is 1. The van der Waals surface area contributed by atoms with Crippen LogP contribution in [0.25, 0.3) is 0 Å². The fourth-order valence-electron chi connectivity index (χ4n) is 1.23. The van der Waals surface area contributed by atoms with E-state index in [-0.39, 0.29) is 11.3 Å². The highest BCUT2D eigenvalue weighted by Gasteiger charge is 2.35. The van der Waals surface area contributed by atoms with Crippen LogP contribution in [0, 0.1) is 0 Å². The van der Waals surface area contributed by atoms with Gasteiger partial charge in [-0.1, -0.05) is 0 Å². The Balaban J connectivity index is 2.64. The lowest BCUT2D eigenvalue weighted by Gasteiger charge is -2.33. The minimum Gasteiger partial charge on any atom is -0.298 e. The summed E-state index contributed by atoms with van der Waals surface area (Å²) in [6.07, 6.45) is 1.96. The predicted molar refractivity (Wildman–Crippen MR) is 57.1 cm³/mol. The van der Waals surface area contributed by atoms with Gasteiger partial charge in [0.05, 0.1) is 5.54 Å². The fraction of sp³-hybridized carbons (Fsp3) is 0.857. The maximum atomic E-state index is 11.3. The van der Waals surface area contributed by atoms with Crippen LogP contribution in [0.2, 0.25) is 0 Å². The third-order valence-corrected chi connectivity index (χ3v) is 4.22. The van der Waals surface area contributed by atoms with E-state index in [1.54, 1.807) is 6.92 Å². The van der Waals surface area contributed by atoms with Gasteiger partial charge in [-0.05, 0) is 31.3 Å². The lowest BCUT2D eigenvalue weighted by Crippen LogP contribution is -2.49. The second-order valence-electron chi connectivity index (χ2n) is 2.85. The molecule has 0 amide bonds. The van der Waals surface area contributed by atoms with Gasteiger partial charge in [-0.3, -0.25) is 4.79 Å². The van der Waals surface area contributed by atoms with E-state index in [0.717, 1.165) is 24.3 Å². The molecule has 0 unspecified atom stereocenters. The van der Waals surface area contributed by atoms with Crippen LogP contribution in [0.5, 0.6) is 0 Å². The third-order valence-electron chi connectivity index (χ3n) is 2.20. The molecule has 0 aliphatic carbocycles. The molecule has 0 aromatic rings. The zero-order valence-corrected chi connectivity index (χ0v) is 9.50. The largest absolute Gasteiger partial charge is 0.298 e. The maximum absolute atomic E-state index is 11.3. The summed E-state index contributed by atoms with van der Waals surface area (Å²) in [5.74, 6) is 2.50. The van der Waals surface area contributed by atoms with Gasteiger partial charge in [0.1, 0.15) is 0 Å². The van der Waals surface area contributed by atoms with Gasteiger partial charge in [0.25, 0.3) is 0 Å². The van der Waals surface area contributed by atoms with Crippen molar-refractivity contribution in [3.8, 4) is 0 Å². The quantitative estimate of drug-likeness (QED) is 0.619. The molecule has 1 rings (SSSR count). The Bertz CT molecular complexity index is 157. The second kappa shape index (κ2) is 4.09. The third kappa shape index (κ3) is 2.09. The van der Waals surface area contributed by atoms with Gasteiger partial charge >= 0.3 is 0 Å². The maximum Gasteiger partial charge on any atom is 0.150 e. The molecule has 2 nitrogen and oxygen atoms in total. The second-order valence-corrected chi connectivity index (χ2v) is 4.61. The Labute approximate surface area is 85.4 Å². The van der Waals surface area contributed by atoms with Crippen LogP contribution < -0.4 is 3.53 Å². The van der Waals surface area contributed by atoms with Gasteiger partial charge in [0.15, 0.2) is 5.78 Å². The van der Waals surface area contributed by atoms with E-state index in [1.807, 2.05) is 11.8 Å². The number of rotatable bonds is 2. The summed E-state index contributed by atoms with van der Waals surface area (Å²) in [5.41, 5.74) is -0.203. The molecule has 0 aromatic carbocycles. The number of thioether (sulfide) groups is 1. The molecule has 1 N–H and O–H groups in total. The monoisotopic (exact) mass is 285 g/mol. The average molecular weight is 285 g/mol. The van der Waals surface area contributed by atoms with Crippen molar-refractivity contribution in [2.75, 3.05) is 11.5 Å². The molecule has 64 valence electrons. The fourth-order valence-corrected chi connectivity index (χ4v) is 3.34. The summed E-state index contributed by atoms with van der Waals surface area (Å²) in [6, 6.07) is 0. The molecule has 1 aliphatic rings. The minimum atomic E-state index is -0.203. The molecule has 0 aromatic heterocycles. The van der Waals surface area contributed by atoms with Crippen molar-refractivity contribution < 1.29 is 4.79 Å². The number of halogens is 1. The first-order valence-electron chi connectivity index (χ1n) is 3.68. The van der Waals surface area contributed by atoms with Crippen LogP contribution >= 0.6 is 34.6 Å². The number of carbonyl (C=O) groups is 1. The van der Waals surface area contributed by atoms with E-state index in [0.29, 0.717) is 0 Å². The van der Waals surface area contributed by atoms with E-state index in [9.17, 15) is 4.79 Å². The average Bonchev–Trinajstić information content (AvgIpc) is 2.05. The Morgan fingerprint density at radius 1 is 1.55 bits per heavy atom. The smallest absolute Gasteiger partial charge is 0.150 e. The van der Waals surface area contributed by atoms with Crippen molar-refractivity contribution in [1.82, 2.24) is 3.53 Å². The van der Waals surface area contributed by atoms with E-state index < -0.39 is 0 Å². The summed E-state index contributed by atoms with van der Waals surface area (Å²) in [7, 11) is 0. The first-order chi connectivity index (χ1) is 5.21. The van der Waals surface area contributed by atoms with Crippen LogP contribution in [-0.4, -0.2) is 22.8 Å². The van der Waals surface area contributed by atoms with Crippen molar-refractivity contribution >= 4 is 40.4 Å². The number of Topliss-reactive ketones (excluding diaryl/α,β-unsaturated/α-hetero) is 1. The first-order valence-corrected chi connectivity index (χ1v) is 5.91. The van der Waals surface area contributed by atoms with Gasteiger partial charge in [0, 0.05) is 22.9 Å². The molecule has 4 heteroatoms. The Morgan fingerprint density at radius 3 is 2.36 bits per heavy atom. The minimum absolute atomic E-state index is 0.203. The zero-order valence-electron chi connectivity index (χ0n) is 6.52. The summed E-state index contributed by atoms with van der Waals surface area (Å²) < 4.78 is 3.12. The molecule has 11 heavy (non-hydrogen) atoms. The predicted octanol–water partition coefficient (Wildman–Crippen LogP) is 1.78. The molecular formula is C7H12INOS. The van der Waals surface area contributed by atoms with Crippen molar-refractivity contribution in [1.29, 1.82) is 0 Å². The topological polar surface area (TPSA) is 29.1 Å². The Hall–Kier alpha value is 0.710. The lowest BCUT2D eigenvalue weighted by atomic mass is 9.90. The lowest BCUT2D eigenvalue weighted by molar-refractivity contribution is -0.122. The van der Waals surface area contributed by atoms with E-state index >= 15 is 0 Å². The van der Waals surface area contributed by atoms with E-state index in [2.05, 4.69) is 26.4 Å². The van der Waals surface area contributed by atoms with Gasteiger partial charge < -0.3 is 0 Å². The highest BCUT2D eigenvalue weighted by Crippen LogP contribution is 2.28. The summed E-state index contributed by atoms with van der Waals surface area (Å²) in [5, 5.41) is 0. The molecule has 1 saturated heterocycles. The molecule has 0 spiro atoms. The SMILES string of the molecule is CC(=O)C1(NI)CCSCC1. The van der Waals surface area contributed by atoms with Crippen molar-refractivity contribution in [3.63, 3.8) is 0 Å². The van der Waals surface area contributed by atoms with Crippen LogP contribution in [0.3, 0.4) is 0 Å². The van der Waals surface area contributed by atoms with Crippen LogP contribution in [-0.2, 0) is 4.79 Å². The van der Waals surface area contributed by atoms with Gasteiger partial charge in [-0.15, -0.1) is 0 Å². The first kappa shape index (κ1) is 9.80. The standard InChI is InChI=1S/C7H12INOS/c1-6(10)7(9-8)2-4-11-5-3-7/h9H,2-5H2,1H3. The summed E-state index contributed by atoms with van der Waals surface area (Å²) in [6.45, 7) is 1.68. The van der Waals surface area contributed by atoms with Gasteiger partial charge in [0.2, 0.25) is 0 Å². The molecule has 1 fully saturated rings. The summed E-state index contributed by atoms with van der Waals surface area (Å²) in [4.78, 5) is 11.3. The van der Waals surface area contributed by atoms with E-state index in [1.165, 1.54) is 0 Å². The van der Waals surface area contributed by atoms with Crippen LogP contribution in [0.15, 0.2) is 0 Å². The van der Waals surface area contributed by atoms with Crippen LogP contribution in [0.1, 0.15) is 19.8 Å². The van der Waals surface area contributed by atoms with Crippen LogP contribution in [0.4, 0.5) is 0 Å². The number of ketones is 1. The van der Waals surface area contributed by atoms with Gasteiger partial charge in [-0.2, -0.15) is 11.8 Å². The zero-order chi connectivity index (χ0) is 8.32. The number of carbonyl (C=O) groups excluding carboxylic acids is 1. The van der Waals surface area contributed by atoms with E-state index in [4.69, 9.17) is 0 Å². The molecular weight excluding hydrogens is 273 g/mol. The number of nitrogens with one attached hydrogen (secondary N) is 1. The molecule has 0 radical (unpaired) electrons. The summed E-state index contributed by atoms with van der Waals surface area (Å²) >= 11 is 4.03. The van der Waals surface area contributed by atoms with Crippen molar-refractivity contribution in [3.05, 3.63) is 0 Å². The molecule has 1 aliphatic heterocycles. The normalized spacial score (nSPS) is 23.1. The Morgan fingerprint density at radius 2 is 2.09 bits per heavy atom. The highest BCUT2D eigenvalue weighted by atomic mass is 127. The molecule has 0 bridgehead atoms. The molecule has 0 saturated carbocycles. The van der Waals surface area contributed by atoms with Crippen molar-refractivity contribution in [2.24, 2.45) is 0 Å². The molecule has 1 heterocycles. The molecule has 0 atom stereocenters. The van der Waals surface area contributed by atoms with Gasteiger partial charge in [-0.25, -0.2) is 3.53 Å². The van der Waals surface area contributed by atoms with Crippen molar-refractivity contribution in [2.45, 2.75) is 25.3 Å². The number of hydrogen-bond acceptors (Lipinski definition) is 3. The highest BCUT2D eigenvalue weighted by molar-refractivity contribution is 14.1.